The lowest BCUT2D eigenvalue weighted by molar-refractivity contribution is 0.230. The van der Waals surface area contributed by atoms with Gasteiger partial charge in [-0.25, -0.2) is 13.9 Å². The van der Waals surface area contributed by atoms with Gasteiger partial charge in [0.2, 0.25) is 0 Å². The van der Waals surface area contributed by atoms with Gasteiger partial charge in [-0.2, -0.15) is 5.10 Å². The molecule has 126 valence electrons. The van der Waals surface area contributed by atoms with Crippen LogP contribution in [0.1, 0.15) is 17.0 Å². The predicted octanol–water partition coefficient (Wildman–Crippen LogP) is 2.49. The summed E-state index contributed by atoms with van der Waals surface area (Å²) in [6.07, 6.45) is 5.49. The number of hydrogen-bond acceptors (Lipinski definition) is 5. The van der Waals surface area contributed by atoms with Crippen molar-refractivity contribution >= 4 is 16.9 Å². The topological polar surface area (TPSA) is 45.5 Å². The van der Waals surface area contributed by atoms with E-state index in [1.165, 1.54) is 0 Å². The summed E-state index contributed by atoms with van der Waals surface area (Å²) in [6, 6.07) is 6.26. The molecule has 0 aliphatic carbocycles. The van der Waals surface area contributed by atoms with Crippen molar-refractivity contribution < 1.29 is 4.39 Å². The number of pyridine rings is 1. The summed E-state index contributed by atoms with van der Waals surface area (Å²) in [5.41, 5.74) is 2.27. The van der Waals surface area contributed by atoms with Crippen LogP contribution in [0.3, 0.4) is 0 Å². The summed E-state index contributed by atoms with van der Waals surface area (Å²) < 4.78 is 15.7. The minimum absolute atomic E-state index is 0.214. The molecule has 1 N–H and O–H groups in total. The highest BCUT2D eigenvalue weighted by Gasteiger charge is 2.32. The predicted molar refractivity (Wildman–Crippen MR) is 92.7 cm³/mol. The normalized spacial score (nSPS) is 21.7. The lowest BCUT2D eigenvalue weighted by Gasteiger charge is -2.23. The number of likely N-dealkylation sites (tertiary alicyclic amines) is 1. The first kappa shape index (κ1) is 15.7. The van der Waals surface area contributed by atoms with E-state index in [1.54, 1.807) is 17.5 Å². The van der Waals surface area contributed by atoms with Gasteiger partial charge in [0.15, 0.2) is 0 Å². The number of alkyl halides is 1. The van der Waals surface area contributed by atoms with Crippen molar-refractivity contribution in [3.63, 3.8) is 0 Å². The van der Waals surface area contributed by atoms with Crippen molar-refractivity contribution in [2.24, 2.45) is 0 Å². The third-order valence-corrected chi connectivity index (χ3v) is 5.26. The second-order valence-corrected chi connectivity index (χ2v) is 7.15. The third-order valence-electron chi connectivity index (χ3n) is 4.50. The van der Waals surface area contributed by atoms with E-state index in [9.17, 15) is 4.39 Å². The molecule has 4 rings (SSSR count). The molecule has 1 aliphatic rings. The molecule has 0 spiro atoms. The van der Waals surface area contributed by atoms with Gasteiger partial charge in [0, 0.05) is 49.0 Å². The number of thiazole rings is 1. The summed E-state index contributed by atoms with van der Waals surface area (Å²) in [7, 11) is 0. The summed E-state index contributed by atoms with van der Waals surface area (Å²) in [4.78, 5) is 6.52. The maximum Gasteiger partial charge on any atom is 0.114 e. The van der Waals surface area contributed by atoms with E-state index in [2.05, 4.69) is 26.4 Å². The molecule has 2 atom stereocenters. The van der Waals surface area contributed by atoms with E-state index >= 15 is 0 Å². The van der Waals surface area contributed by atoms with Crippen molar-refractivity contribution in [3.05, 3.63) is 52.7 Å². The van der Waals surface area contributed by atoms with E-state index < -0.39 is 6.17 Å². The van der Waals surface area contributed by atoms with Gasteiger partial charge in [-0.05, 0) is 18.6 Å². The van der Waals surface area contributed by atoms with Gasteiger partial charge in [-0.15, -0.1) is 11.3 Å². The van der Waals surface area contributed by atoms with Crippen LogP contribution in [0.15, 0.2) is 42.2 Å². The average Bonchev–Trinajstić information content (AvgIpc) is 3.30. The zero-order chi connectivity index (χ0) is 16.4. The number of hydrogen-bond donors (Lipinski definition) is 1. The van der Waals surface area contributed by atoms with Crippen LogP contribution in [0.25, 0.3) is 5.52 Å². The summed E-state index contributed by atoms with van der Waals surface area (Å²) in [5.74, 6) is 0. The molecule has 0 amide bonds. The molecule has 0 bridgehead atoms. The Morgan fingerprint density at radius 2 is 2.33 bits per heavy atom. The second-order valence-electron chi connectivity index (χ2n) is 6.17. The second kappa shape index (κ2) is 6.96. The highest BCUT2D eigenvalue weighted by molar-refractivity contribution is 7.09. The van der Waals surface area contributed by atoms with Crippen LogP contribution >= 0.6 is 11.3 Å². The molecule has 1 aliphatic heterocycles. The molecule has 5 nitrogen and oxygen atoms in total. The van der Waals surface area contributed by atoms with Gasteiger partial charge < -0.3 is 5.32 Å². The third kappa shape index (κ3) is 3.33. The quantitative estimate of drug-likeness (QED) is 0.746. The van der Waals surface area contributed by atoms with Gasteiger partial charge in [-0.1, -0.05) is 6.07 Å². The molecule has 0 aromatic carbocycles. The zero-order valence-corrected chi connectivity index (χ0v) is 14.1. The summed E-state index contributed by atoms with van der Waals surface area (Å²) >= 11 is 1.63. The fraction of sp³-hybridized carbons (Fsp3) is 0.412. The van der Waals surface area contributed by atoms with E-state index in [1.807, 2.05) is 34.4 Å². The Kier molecular flexibility index (Phi) is 4.55. The fourth-order valence-electron chi connectivity index (χ4n) is 3.33. The smallest absolute Gasteiger partial charge is 0.114 e. The van der Waals surface area contributed by atoms with Gasteiger partial charge >= 0.3 is 0 Å². The van der Waals surface area contributed by atoms with E-state index in [-0.39, 0.29) is 6.04 Å². The van der Waals surface area contributed by atoms with Gasteiger partial charge in [0.25, 0.3) is 0 Å². The molecule has 0 unspecified atom stereocenters. The highest BCUT2D eigenvalue weighted by atomic mass is 32.1. The van der Waals surface area contributed by atoms with Crippen LogP contribution in [-0.4, -0.2) is 44.8 Å². The molecular weight excluding hydrogens is 325 g/mol. The molecule has 24 heavy (non-hydrogen) atoms. The molecule has 1 saturated heterocycles. The fourth-order valence-corrected chi connectivity index (χ4v) is 3.97. The van der Waals surface area contributed by atoms with Gasteiger partial charge in [0.1, 0.15) is 11.2 Å². The van der Waals surface area contributed by atoms with Crippen molar-refractivity contribution in [2.75, 3.05) is 13.1 Å². The van der Waals surface area contributed by atoms with E-state index in [4.69, 9.17) is 0 Å². The maximum absolute atomic E-state index is 13.9. The maximum atomic E-state index is 13.9. The highest BCUT2D eigenvalue weighted by Crippen LogP contribution is 2.23. The van der Waals surface area contributed by atoms with E-state index in [0.29, 0.717) is 13.0 Å². The van der Waals surface area contributed by atoms with Crippen LogP contribution in [0, 0.1) is 0 Å². The largest absolute Gasteiger partial charge is 0.311 e. The molecule has 0 saturated carbocycles. The first-order valence-electron chi connectivity index (χ1n) is 8.18. The number of aromatic nitrogens is 3. The molecule has 3 aromatic heterocycles. The monoisotopic (exact) mass is 345 g/mol. The molecule has 1 fully saturated rings. The van der Waals surface area contributed by atoms with Crippen LogP contribution in [0.2, 0.25) is 0 Å². The Labute approximate surface area is 144 Å². The molecular formula is C17H20FN5S. The zero-order valence-electron chi connectivity index (χ0n) is 13.3. The lowest BCUT2D eigenvalue weighted by atomic mass is 10.2. The number of rotatable bonds is 6. The number of nitrogens with one attached hydrogen (secondary N) is 1. The summed E-state index contributed by atoms with van der Waals surface area (Å²) in [6.45, 7) is 2.76. The van der Waals surface area contributed by atoms with Crippen molar-refractivity contribution in [3.8, 4) is 0 Å². The van der Waals surface area contributed by atoms with Gasteiger partial charge in [0.05, 0.1) is 18.3 Å². The van der Waals surface area contributed by atoms with Gasteiger partial charge in [-0.3, -0.25) is 4.90 Å². The minimum Gasteiger partial charge on any atom is -0.311 e. The molecule has 4 heterocycles. The van der Waals surface area contributed by atoms with Crippen molar-refractivity contribution in [1.29, 1.82) is 0 Å². The number of fused-ring (bicyclic) bond motifs is 1. The minimum atomic E-state index is -0.742. The Morgan fingerprint density at radius 3 is 3.21 bits per heavy atom. The lowest BCUT2D eigenvalue weighted by Crippen LogP contribution is -2.37. The first-order chi connectivity index (χ1) is 11.8. The SMILES string of the molecule is F[C@H]1C[C@@H](CNCc2cnn3ccccc23)N(Cc2nccs2)C1. The Bertz CT molecular complexity index is 787. The molecule has 0 radical (unpaired) electrons. The number of nitrogens with zero attached hydrogens (tertiary/aromatic N) is 4. The van der Waals surface area contributed by atoms with Crippen molar-refractivity contribution in [1.82, 2.24) is 24.8 Å². The van der Waals surface area contributed by atoms with Crippen LogP contribution in [-0.2, 0) is 13.1 Å². The molecule has 3 aromatic rings. The number of halogens is 1. The van der Waals surface area contributed by atoms with E-state index in [0.717, 1.165) is 35.7 Å². The van der Waals surface area contributed by atoms with Crippen LogP contribution < -0.4 is 5.32 Å². The summed E-state index contributed by atoms with van der Waals surface area (Å²) in [5, 5.41) is 10.8. The standard InChI is InChI=1S/C17H20FN5S/c18-14-7-15(22(11-14)12-17-20-4-6-24-17)10-19-8-13-9-21-23-5-2-1-3-16(13)23/h1-6,9,14-15,19H,7-8,10-12H2/t14-,15-/m0/s1. The first-order valence-corrected chi connectivity index (χ1v) is 9.06. The molecule has 7 heteroatoms. The Balaban J connectivity index is 1.35. The Morgan fingerprint density at radius 1 is 1.38 bits per heavy atom. The van der Waals surface area contributed by atoms with Crippen LogP contribution in [0.4, 0.5) is 4.39 Å². The average molecular weight is 345 g/mol. The Hall–Kier alpha value is -1.83. The van der Waals surface area contributed by atoms with Crippen LogP contribution in [0.5, 0.6) is 0 Å². The van der Waals surface area contributed by atoms with Crippen molar-refractivity contribution in [2.45, 2.75) is 31.7 Å².